The van der Waals surface area contributed by atoms with E-state index in [9.17, 15) is 28.8 Å². The molecule has 12 nitrogen and oxygen atoms in total. The normalized spacial score (nSPS) is 23.1. The molecule has 1 unspecified atom stereocenters. The number of nitrogens with zero attached hydrogens (tertiary/aromatic N) is 2. The van der Waals surface area contributed by atoms with Gasteiger partial charge in [-0.2, -0.15) is 0 Å². The molecule has 260 valence electrons. The second kappa shape index (κ2) is 19.1. The molecular weight excluding hydrogens is 600 g/mol. The first-order valence-corrected chi connectivity index (χ1v) is 17.2. The number of carbonyl (C=O) groups excluding carboxylic acids is 6. The van der Waals surface area contributed by atoms with Crippen molar-refractivity contribution in [3.63, 3.8) is 0 Å². The summed E-state index contributed by atoms with van der Waals surface area (Å²) in [6, 6.07) is 7.32. The Hall–Kier alpha value is -3.80. The van der Waals surface area contributed by atoms with Gasteiger partial charge in [-0.25, -0.2) is 0 Å². The third kappa shape index (κ3) is 12.7. The molecule has 5 amide bonds. The summed E-state index contributed by atoms with van der Waals surface area (Å²) in [4.78, 5) is 75.7. The molecule has 47 heavy (non-hydrogen) atoms. The van der Waals surface area contributed by atoms with E-state index >= 15 is 0 Å². The summed E-state index contributed by atoms with van der Waals surface area (Å²) in [5, 5.41) is 9.35. The molecule has 4 bridgehead atoms. The molecule has 4 aliphatic carbocycles. The number of Topliss-reactive ketones (excluding diaryl/α,β-unsaturated/α-hetero) is 1. The molecule has 12 heteroatoms. The zero-order chi connectivity index (χ0) is 34.3. The standard InChI is InChI=1S/C22H30N6O6.C10H16.C3H8/c1-15(26-18(30)13-24-21(33)16-6-4-3-5-7-16)20(32)23-12-17(29)22(34)25-14-19(31)28-10-8-27(2)9-11-28;1-7-2-9-4-8(1)5-10(3-7)6-9;1-3-2/h3-7,15H,8-14H2,1-2H3,(H,23,32)(H,24,33)(H,25,34)(H,26,30);7-10H,1-6H2;3H2,1-2H3. The van der Waals surface area contributed by atoms with Crippen molar-refractivity contribution in [3.8, 4) is 0 Å². The lowest BCUT2D eigenvalue weighted by Gasteiger charge is -2.49. The van der Waals surface area contributed by atoms with E-state index in [4.69, 9.17) is 0 Å². The van der Waals surface area contributed by atoms with Crippen LogP contribution in [0, 0.1) is 23.7 Å². The van der Waals surface area contributed by atoms with Gasteiger partial charge in [0.05, 0.1) is 19.6 Å². The molecule has 1 saturated heterocycles. The lowest BCUT2D eigenvalue weighted by Crippen LogP contribution is -2.51. The first-order chi connectivity index (χ1) is 22.5. The molecule has 5 aliphatic rings. The van der Waals surface area contributed by atoms with Crippen LogP contribution in [0.5, 0.6) is 0 Å². The summed E-state index contributed by atoms with van der Waals surface area (Å²) in [7, 11) is 1.95. The van der Waals surface area contributed by atoms with E-state index in [1.807, 2.05) is 7.05 Å². The van der Waals surface area contributed by atoms with Gasteiger partial charge in [-0.3, -0.25) is 28.8 Å². The largest absolute Gasteiger partial charge is 0.347 e. The minimum Gasteiger partial charge on any atom is -0.347 e. The van der Waals surface area contributed by atoms with Crippen molar-refractivity contribution in [2.24, 2.45) is 23.7 Å². The van der Waals surface area contributed by atoms with Crippen LogP contribution in [0.15, 0.2) is 30.3 Å². The van der Waals surface area contributed by atoms with Crippen molar-refractivity contribution >= 4 is 35.3 Å². The highest BCUT2D eigenvalue weighted by Gasteiger charge is 2.41. The maximum Gasteiger partial charge on any atom is 0.289 e. The number of piperazine rings is 1. The van der Waals surface area contributed by atoms with Gasteiger partial charge in [0.25, 0.3) is 11.8 Å². The summed E-state index contributed by atoms with van der Waals surface area (Å²) in [6.07, 6.45) is 10.9. The van der Waals surface area contributed by atoms with E-state index in [0.29, 0.717) is 18.7 Å². The molecule has 1 heterocycles. The third-order valence-corrected chi connectivity index (χ3v) is 9.15. The number of hydrogen-bond acceptors (Lipinski definition) is 7. The Labute approximate surface area is 279 Å². The molecule has 4 saturated carbocycles. The Balaban J connectivity index is 0.000000375. The van der Waals surface area contributed by atoms with Gasteiger partial charge in [-0.1, -0.05) is 38.5 Å². The highest BCUT2D eigenvalue weighted by Crippen LogP contribution is 2.53. The molecule has 0 spiro atoms. The topological polar surface area (TPSA) is 157 Å². The van der Waals surface area contributed by atoms with Crippen LogP contribution < -0.4 is 21.3 Å². The van der Waals surface area contributed by atoms with Crippen molar-refractivity contribution in [1.82, 2.24) is 31.1 Å². The SMILES string of the molecule is C1C2CC3CC1CC(C2)C3.CC(NC(=O)CNC(=O)c1ccccc1)C(=O)NCC(=O)C(=O)NCC(=O)N1CCN(C)CC1.CCC. The number of nitrogens with one attached hydrogen (secondary N) is 4. The van der Waals surface area contributed by atoms with Crippen molar-refractivity contribution in [3.05, 3.63) is 35.9 Å². The second-order valence-corrected chi connectivity index (χ2v) is 13.4. The molecule has 1 atom stereocenters. The first-order valence-electron chi connectivity index (χ1n) is 17.2. The zero-order valence-electron chi connectivity index (χ0n) is 28.5. The summed E-state index contributed by atoms with van der Waals surface area (Å²) in [5.41, 5.74) is 0.392. The average Bonchev–Trinajstić information content (AvgIpc) is 3.05. The van der Waals surface area contributed by atoms with Crippen molar-refractivity contribution in [1.29, 1.82) is 0 Å². The fourth-order valence-corrected chi connectivity index (χ4v) is 7.02. The smallest absolute Gasteiger partial charge is 0.289 e. The molecule has 4 N–H and O–H groups in total. The van der Waals surface area contributed by atoms with Crippen LogP contribution >= 0.6 is 0 Å². The summed E-state index contributed by atoms with van der Waals surface area (Å²) in [5.74, 6) is 0.802. The molecule has 0 aromatic heterocycles. The van der Waals surface area contributed by atoms with Crippen molar-refractivity contribution in [2.45, 2.75) is 71.8 Å². The number of amides is 5. The maximum atomic E-state index is 12.1. The summed E-state index contributed by atoms with van der Waals surface area (Å²) >= 11 is 0. The minimum atomic E-state index is -1.00. The van der Waals surface area contributed by atoms with Gasteiger partial charge < -0.3 is 31.1 Å². The zero-order valence-corrected chi connectivity index (χ0v) is 28.5. The first kappa shape index (κ1) is 37.7. The van der Waals surface area contributed by atoms with Crippen LogP contribution in [0.25, 0.3) is 0 Å². The van der Waals surface area contributed by atoms with Crippen LogP contribution in [0.4, 0.5) is 0 Å². The number of benzene rings is 1. The van der Waals surface area contributed by atoms with Gasteiger partial charge in [0.1, 0.15) is 6.04 Å². The van der Waals surface area contributed by atoms with E-state index in [1.54, 1.807) is 73.8 Å². The van der Waals surface area contributed by atoms with Crippen LogP contribution in [0.3, 0.4) is 0 Å². The molecule has 5 fully saturated rings. The molecule has 6 rings (SSSR count). The fraction of sp³-hybridized carbons (Fsp3) is 0.657. The van der Waals surface area contributed by atoms with Gasteiger partial charge in [-0.05, 0) is 88.3 Å². The number of ketones is 1. The fourth-order valence-electron chi connectivity index (χ4n) is 7.02. The lowest BCUT2D eigenvalue weighted by atomic mass is 9.56. The predicted octanol–water partition coefficient (Wildman–Crippen LogP) is 1.75. The summed E-state index contributed by atoms with van der Waals surface area (Å²) < 4.78 is 0. The Morgan fingerprint density at radius 3 is 1.74 bits per heavy atom. The Kier molecular flexibility index (Phi) is 15.3. The molecule has 0 radical (unpaired) electrons. The quantitative estimate of drug-likeness (QED) is 0.280. The lowest BCUT2D eigenvalue weighted by molar-refractivity contribution is -0.140. The number of hydrogen-bond donors (Lipinski definition) is 4. The van der Waals surface area contributed by atoms with Crippen LogP contribution in [0.1, 0.15) is 76.1 Å². The second-order valence-electron chi connectivity index (χ2n) is 13.4. The van der Waals surface area contributed by atoms with Gasteiger partial charge in [0, 0.05) is 31.7 Å². The van der Waals surface area contributed by atoms with Crippen molar-refractivity contribution in [2.75, 3.05) is 52.9 Å². The number of carbonyl (C=O) groups is 6. The van der Waals surface area contributed by atoms with Crippen LogP contribution in [-0.4, -0.2) is 104 Å². The molecule has 1 aliphatic heterocycles. The van der Waals surface area contributed by atoms with Gasteiger partial charge in [-0.15, -0.1) is 0 Å². The molecule has 1 aromatic carbocycles. The maximum absolute atomic E-state index is 12.1. The van der Waals surface area contributed by atoms with Crippen LogP contribution in [0.2, 0.25) is 0 Å². The van der Waals surface area contributed by atoms with Gasteiger partial charge >= 0.3 is 0 Å². The minimum absolute atomic E-state index is 0.283. The number of rotatable bonds is 10. The van der Waals surface area contributed by atoms with Gasteiger partial charge in [0.15, 0.2) is 0 Å². The summed E-state index contributed by atoms with van der Waals surface area (Å²) in [6.45, 7) is 6.99. The van der Waals surface area contributed by atoms with E-state index < -0.39 is 42.0 Å². The van der Waals surface area contributed by atoms with E-state index in [0.717, 1.165) is 13.1 Å². The predicted molar refractivity (Wildman–Crippen MR) is 179 cm³/mol. The van der Waals surface area contributed by atoms with Crippen LogP contribution in [-0.2, 0) is 24.0 Å². The monoisotopic (exact) mass is 654 g/mol. The highest BCUT2D eigenvalue weighted by molar-refractivity contribution is 6.37. The Bertz CT molecular complexity index is 1160. The average molecular weight is 655 g/mol. The molecule has 1 aromatic rings. The van der Waals surface area contributed by atoms with Gasteiger partial charge in [0.2, 0.25) is 23.5 Å². The highest BCUT2D eigenvalue weighted by atomic mass is 16.2. The van der Waals surface area contributed by atoms with E-state index in [2.05, 4.69) is 40.0 Å². The third-order valence-electron chi connectivity index (χ3n) is 9.15. The Morgan fingerprint density at radius 1 is 0.723 bits per heavy atom. The number of likely N-dealkylation sites (N-methyl/N-ethyl adjacent to an activating group) is 1. The molecular formula is C35H54N6O6. The van der Waals surface area contributed by atoms with E-state index in [-0.39, 0.29) is 19.0 Å². The van der Waals surface area contributed by atoms with Crippen molar-refractivity contribution < 1.29 is 28.8 Å². The Morgan fingerprint density at radius 2 is 1.23 bits per heavy atom. The van der Waals surface area contributed by atoms with E-state index in [1.165, 1.54) is 37.0 Å².